The van der Waals surface area contributed by atoms with Crippen molar-refractivity contribution in [3.05, 3.63) is 211 Å². The molecule has 1 aromatic heterocycles. The second-order valence-corrected chi connectivity index (χ2v) is 14.4. The number of amides is 1. The van der Waals surface area contributed by atoms with Crippen molar-refractivity contribution in [1.82, 2.24) is 9.55 Å². The fraction of sp³-hybridized carbons (Fsp3) is 0.111. The van der Waals surface area contributed by atoms with Crippen LogP contribution in [0.3, 0.4) is 0 Å². The SMILES string of the molecule is CC(=O)Nc1ccc(Br)cc1C(=O)CC(c1ccccc1)c1ccccc1.Cc1nc2ccc(Br)cc2c(=O)n1C(c1ccccc1)c1ccccc1. The maximum Gasteiger partial charge on any atom is 0.262 e. The van der Waals surface area contributed by atoms with Gasteiger partial charge in [-0.15, -0.1) is 0 Å². The average molecular weight is 828 g/mol. The second kappa shape index (κ2) is 17.4. The van der Waals surface area contributed by atoms with Crippen LogP contribution in [-0.4, -0.2) is 21.2 Å². The molecule has 0 unspecified atom stereocenters. The minimum Gasteiger partial charge on any atom is -0.326 e. The van der Waals surface area contributed by atoms with Gasteiger partial charge in [-0.05, 0) is 65.6 Å². The number of nitrogens with one attached hydrogen (secondary N) is 1. The molecule has 0 fully saturated rings. The predicted molar refractivity (Wildman–Crippen MR) is 221 cm³/mol. The summed E-state index contributed by atoms with van der Waals surface area (Å²) in [5.41, 5.74) is 6.02. The Hall–Kier alpha value is -5.44. The Morgan fingerprint density at radius 1 is 0.660 bits per heavy atom. The number of aromatic nitrogens is 2. The molecule has 0 atom stereocenters. The fourth-order valence-electron chi connectivity index (χ4n) is 6.49. The number of rotatable bonds is 9. The molecule has 0 aliphatic carbocycles. The van der Waals surface area contributed by atoms with Crippen molar-refractivity contribution in [2.24, 2.45) is 0 Å². The number of nitrogens with zero attached hydrogens (tertiary/aromatic N) is 2. The molecule has 1 N–H and O–H groups in total. The molecule has 7 aromatic rings. The highest BCUT2D eigenvalue weighted by Crippen LogP contribution is 2.32. The van der Waals surface area contributed by atoms with Crippen LogP contribution in [0.4, 0.5) is 5.69 Å². The van der Waals surface area contributed by atoms with E-state index in [0.717, 1.165) is 31.2 Å². The van der Waals surface area contributed by atoms with Gasteiger partial charge in [-0.2, -0.15) is 0 Å². The average Bonchev–Trinajstić information content (AvgIpc) is 3.18. The molecule has 6 aromatic carbocycles. The van der Waals surface area contributed by atoms with Gasteiger partial charge in [0.25, 0.3) is 5.56 Å². The fourth-order valence-corrected chi connectivity index (χ4v) is 7.21. The minimum absolute atomic E-state index is 0.0160. The maximum atomic E-state index is 13.4. The Morgan fingerprint density at radius 3 is 1.64 bits per heavy atom. The van der Waals surface area contributed by atoms with Gasteiger partial charge in [0, 0.05) is 33.8 Å². The zero-order valence-corrected chi connectivity index (χ0v) is 32.4. The number of ketones is 1. The lowest BCUT2D eigenvalue weighted by atomic mass is 9.85. The van der Waals surface area contributed by atoms with Crippen molar-refractivity contribution in [1.29, 1.82) is 0 Å². The first-order valence-electron chi connectivity index (χ1n) is 17.2. The van der Waals surface area contributed by atoms with Crippen LogP contribution in [0.1, 0.15) is 63.7 Å². The molecule has 0 saturated heterocycles. The third-order valence-corrected chi connectivity index (χ3v) is 9.90. The third kappa shape index (κ3) is 9.14. The highest BCUT2D eigenvalue weighted by atomic mass is 79.9. The largest absolute Gasteiger partial charge is 0.326 e. The summed E-state index contributed by atoms with van der Waals surface area (Å²) in [4.78, 5) is 42.8. The lowest BCUT2D eigenvalue weighted by molar-refractivity contribution is -0.114. The number of aryl methyl sites for hydroxylation is 1. The Kier molecular flexibility index (Phi) is 12.2. The molecule has 1 amide bonds. The number of benzene rings is 6. The van der Waals surface area contributed by atoms with Crippen molar-refractivity contribution in [2.45, 2.75) is 32.2 Å². The number of hydrogen-bond donors (Lipinski definition) is 1. The molecule has 1 heterocycles. The molecular formula is C45H37Br2N3O3. The lowest BCUT2D eigenvalue weighted by Gasteiger charge is -2.23. The summed E-state index contributed by atoms with van der Waals surface area (Å²) in [7, 11) is 0. The number of carbonyl (C=O) groups excluding carboxylic acids is 2. The van der Waals surface area contributed by atoms with Gasteiger partial charge in [-0.1, -0.05) is 153 Å². The molecule has 0 spiro atoms. The molecule has 8 heteroatoms. The van der Waals surface area contributed by atoms with Crippen molar-refractivity contribution in [2.75, 3.05) is 5.32 Å². The van der Waals surface area contributed by atoms with E-state index in [9.17, 15) is 14.4 Å². The number of halogens is 2. The Labute approximate surface area is 325 Å². The Bertz CT molecular complexity index is 2320. The Morgan fingerprint density at radius 2 is 1.13 bits per heavy atom. The van der Waals surface area contributed by atoms with E-state index in [1.165, 1.54) is 6.92 Å². The van der Waals surface area contributed by atoms with E-state index in [4.69, 9.17) is 4.98 Å². The highest BCUT2D eigenvalue weighted by Gasteiger charge is 2.23. The van der Waals surface area contributed by atoms with Crippen LogP contribution in [0, 0.1) is 6.92 Å². The van der Waals surface area contributed by atoms with E-state index >= 15 is 0 Å². The lowest BCUT2D eigenvalue weighted by Crippen LogP contribution is -2.29. The predicted octanol–water partition coefficient (Wildman–Crippen LogP) is 10.9. The first-order valence-corrected chi connectivity index (χ1v) is 18.8. The van der Waals surface area contributed by atoms with Crippen LogP contribution in [-0.2, 0) is 4.79 Å². The number of carbonyl (C=O) groups is 2. The van der Waals surface area contributed by atoms with Crippen LogP contribution in [0.2, 0.25) is 0 Å². The number of fused-ring (bicyclic) bond motifs is 1. The van der Waals surface area contributed by atoms with Crippen LogP contribution in [0.15, 0.2) is 171 Å². The highest BCUT2D eigenvalue weighted by molar-refractivity contribution is 9.10. The smallest absolute Gasteiger partial charge is 0.262 e. The third-order valence-electron chi connectivity index (χ3n) is 8.91. The molecule has 7 rings (SSSR count). The van der Waals surface area contributed by atoms with Crippen LogP contribution in [0.5, 0.6) is 0 Å². The van der Waals surface area contributed by atoms with Crippen molar-refractivity contribution >= 4 is 60.1 Å². The number of Topliss-reactive ketones (excluding diaryl/α,β-unsaturated/α-hetero) is 1. The topological polar surface area (TPSA) is 81.1 Å². The van der Waals surface area contributed by atoms with Gasteiger partial charge in [0.1, 0.15) is 5.82 Å². The summed E-state index contributed by atoms with van der Waals surface area (Å²) in [5.74, 6) is 0.429. The van der Waals surface area contributed by atoms with Gasteiger partial charge in [0.05, 0.1) is 22.6 Å². The second-order valence-electron chi connectivity index (χ2n) is 12.6. The van der Waals surface area contributed by atoms with Crippen molar-refractivity contribution in [3.8, 4) is 0 Å². The van der Waals surface area contributed by atoms with Gasteiger partial charge < -0.3 is 5.32 Å². The molecule has 0 aliphatic heterocycles. The van der Waals surface area contributed by atoms with E-state index in [-0.39, 0.29) is 29.2 Å². The summed E-state index contributed by atoms with van der Waals surface area (Å²) in [6, 6.07) is 50.9. The van der Waals surface area contributed by atoms with E-state index < -0.39 is 0 Å². The van der Waals surface area contributed by atoms with Gasteiger partial charge in [0.2, 0.25) is 5.91 Å². The molecule has 0 bridgehead atoms. The van der Waals surface area contributed by atoms with Gasteiger partial charge in [-0.3, -0.25) is 19.0 Å². The zero-order valence-electron chi connectivity index (χ0n) is 29.2. The van der Waals surface area contributed by atoms with Gasteiger partial charge in [0.15, 0.2) is 5.78 Å². The summed E-state index contributed by atoms with van der Waals surface area (Å²) in [5, 5.41) is 3.37. The standard InChI is InChI=1S/C23H20BrNO2.C22H17BrN2O/c1-16(26)25-22-13-12-19(24)14-21(22)23(27)15-20(17-8-4-2-5-9-17)18-10-6-3-7-11-18;1-15-24-20-13-12-18(23)14-19(20)22(26)25(15)21(16-8-4-2-5-9-16)17-10-6-3-7-11-17/h2-14,20H,15H2,1H3,(H,25,26);2-14,21H,1H3. The van der Waals surface area contributed by atoms with E-state index in [0.29, 0.717) is 34.4 Å². The summed E-state index contributed by atoms with van der Waals surface area (Å²) < 4.78 is 3.46. The molecule has 264 valence electrons. The van der Waals surface area contributed by atoms with Crippen LogP contribution < -0.4 is 10.9 Å². The first-order chi connectivity index (χ1) is 25.7. The number of anilines is 1. The molecule has 0 aliphatic rings. The maximum absolute atomic E-state index is 13.4. The van der Waals surface area contributed by atoms with Crippen molar-refractivity contribution < 1.29 is 9.59 Å². The summed E-state index contributed by atoms with van der Waals surface area (Å²) >= 11 is 6.88. The quantitative estimate of drug-likeness (QED) is 0.147. The van der Waals surface area contributed by atoms with E-state index in [1.54, 1.807) is 16.7 Å². The van der Waals surface area contributed by atoms with Crippen LogP contribution >= 0.6 is 31.9 Å². The normalized spacial score (nSPS) is 10.9. The van der Waals surface area contributed by atoms with Gasteiger partial charge in [-0.25, -0.2) is 4.98 Å². The Balaban J connectivity index is 0.000000181. The van der Waals surface area contributed by atoms with Gasteiger partial charge >= 0.3 is 0 Å². The first kappa shape index (κ1) is 37.3. The van der Waals surface area contributed by atoms with Crippen molar-refractivity contribution in [3.63, 3.8) is 0 Å². The summed E-state index contributed by atoms with van der Waals surface area (Å²) in [6.45, 7) is 3.33. The zero-order chi connectivity index (χ0) is 37.3. The minimum atomic E-state index is -0.221. The monoisotopic (exact) mass is 825 g/mol. The number of hydrogen-bond acceptors (Lipinski definition) is 4. The molecule has 53 heavy (non-hydrogen) atoms. The molecular weight excluding hydrogens is 790 g/mol. The van der Waals surface area contributed by atoms with E-state index in [2.05, 4.69) is 61.4 Å². The molecule has 0 radical (unpaired) electrons. The van der Waals surface area contributed by atoms with E-state index in [1.807, 2.05) is 128 Å². The summed E-state index contributed by atoms with van der Waals surface area (Å²) in [6.07, 6.45) is 0.317. The molecule has 6 nitrogen and oxygen atoms in total. The van der Waals surface area contributed by atoms with Crippen LogP contribution in [0.25, 0.3) is 10.9 Å². The molecule has 0 saturated carbocycles.